The van der Waals surface area contributed by atoms with E-state index in [1.165, 1.54) is 16.1 Å². The molecule has 0 saturated carbocycles. The van der Waals surface area contributed by atoms with E-state index in [9.17, 15) is 0 Å². The van der Waals surface area contributed by atoms with Crippen molar-refractivity contribution in [2.75, 3.05) is 0 Å². The molecule has 1 heterocycles. The van der Waals surface area contributed by atoms with Crippen LogP contribution in [-0.4, -0.2) is 4.98 Å². The number of H-pyrrole nitrogens is 1. The second kappa shape index (κ2) is 2.63. The average Bonchev–Trinajstić information content (AvgIpc) is 2.31. The number of rotatable bonds is 0. The Morgan fingerprint density at radius 3 is 2.85 bits per heavy atom. The molecule has 0 atom stereocenters. The fraction of sp³-hybridized carbons (Fsp3) is 0.333. The minimum Gasteiger partial charge on any atom is -0.361 e. The first-order valence-electron chi connectivity index (χ1n) is 4.65. The third kappa shape index (κ3) is 1.46. The molecule has 0 fully saturated rings. The highest BCUT2D eigenvalue weighted by atomic mass is 14.7. The highest BCUT2D eigenvalue weighted by Crippen LogP contribution is 2.19. The van der Waals surface area contributed by atoms with Crippen LogP contribution in [0.3, 0.4) is 0 Å². The monoisotopic (exact) mass is 173 g/mol. The summed E-state index contributed by atoms with van der Waals surface area (Å²) in [4.78, 5) is 3.27. The first-order chi connectivity index (χ1) is 6.08. The summed E-state index contributed by atoms with van der Waals surface area (Å²) in [6, 6.07) is 0. The van der Waals surface area contributed by atoms with Gasteiger partial charge in [0.1, 0.15) is 0 Å². The molecule has 13 heavy (non-hydrogen) atoms. The highest BCUT2D eigenvalue weighted by molar-refractivity contribution is 5.48. The summed E-state index contributed by atoms with van der Waals surface area (Å²) in [6.07, 6.45) is 10.9. The number of aromatic nitrogens is 1. The standard InChI is InChI=1S/C12H15N/c1-9-8-13-11-5-4-6-12(2,3)7-10(9)11/h4-8,13H,1-3H3. The van der Waals surface area contributed by atoms with E-state index in [2.05, 4.69) is 56.3 Å². The second-order valence-electron chi connectivity index (χ2n) is 4.29. The fourth-order valence-corrected chi connectivity index (χ4v) is 1.70. The maximum absolute atomic E-state index is 3.27. The van der Waals surface area contributed by atoms with E-state index >= 15 is 0 Å². The van der Waals surface area contributed by atoms with Gasteiger partial charge >= 0.3 is 0 Å². The van der Waals surface area contributed by atoms with Crippen LogP contribution in [0, 0.1) is 12.3 Å². The third-order valence-electron chi connectivity index (χ3n) is 2.46. The van der Waals surface area contributed by atoms with Crippen LogP contribution in [0.5, 0.6) is 0 Å². The van der Waals surface area contributed by atoms with Crippen LogP contribution in [0.2, 0.25) is 0 Å². The second-order valence-corrected chi connectivity index (χ2v) is 4.29. The van der Waals surface area contributed by atoms with Crippen molar-refractivity contribution in [2.24, 2.45) is 5.41 Å². The molecule has 2 rings (SSSR count). The Kier molecular flexibility index (Phi) is 1.69. The molecule has 0 spiro atoms. The van der Waals surface area contributed by atoms with Gasteiger partial charge in [-0.3, -0.25) is 0 Å². The van der Waals surface area contributed by atoms with Crippen LogP contribution in [0.1, 0.15) is 19.4 Å². The molecule has 1 aromatic heterocycles. The average molecular weight is 173 g/mol. The van der Waals surface area contributed by atoms with Gasteiger partial charge in [0, 0.05) is 17.0 Å². The van der Waals surface area contributed by atoms with Crippen LogP contribution < -0.4 is 10.6 Å². The summed E-state index contributed by atoms with van der Waals surface area (Å²) in [7, 11) is 0. The normalized spacial score (nSPS) is 18.4. The zero-order valence-corrected chi connectivity index (χ0v) is 8.39. The lowest BCUT2D eigenvalue weighted by molar-refractivity contribution is 0.670. The Labute approximate surface area is 78.5 Å². The third-order valence-corrected chi connectivity index (χ3v) is 2.46. The molecular formula is C12H15N. The van der Waals surface area contributed by atoms with Crippen molar-refractivity contribution in [2.45, 2.75) is 20.8 Å². The minimum absolute atomic E-state index is 0.161. The minimum atomic E-state index is 0.161. The SMILES string of the molecule is Cc1c[nH]c2c1=CC(C)(C)C=CC=2. The van der Waals surface area contributed by atoms with Gasteiger partial charge in [0.25, 0.3) is 0 Å². The molecule has 0 amide bonds. The predicted molar refractivity (Wildman–Crippen MR) is 56.6 cm³/mol. The van der Waals surface area contributed by atoms with Crippen molar-refractivity contribution in [3.63, 3.8) is 0 Å². The van der Waals surface area contributed by atoms with Gasteiger partial charge in [0.2, 0.25) is 0 Å². The number of fused-ring (bicyclic) bond motifs is 1. The molecule has 1 heteroatoms. The fourth-order valence-electron chi connectivity index (χ4n) is 1.70. The van der Waals surface area contributed by atoms with Crippen LogP contribution >= 0.6 is 0 Å². The molecule has 1 nitrogen and oxygen atoms in total. The maximum Gasteiger partial charge on any atom is 0.0453 e. The van der Waals surface area contributed by atoms with Crippen molar-refractivity contribution in [3.8, 4) is 0 Å². The van der Waals surface area contributed by atoms with Gasteiger partial charge < -0.3 is 4.98 Å². The van der Waals surface area contributed by atoms with Gasteiger partial charge in [-0.05, 0) is 23.8 Å². The predicted octanol–water partition coefficient (Wildman–Crippen LogP) is 1.48. The lowest BCUT2D eigenvalue weighted by Crippen LogP contribution is -2.25. The van der Waals surface area contributed by atoms with E-state index in [4.69, 9.17) is 0 Å². The molecule has 1 aliphatic rings. The smallest absolute Gasteiger partial charge is 0.0453 e. The Morgan fingerprint density at radius 2 is 2.08 bits per heavy atom. The molecule has 1 N–H and O–H groups in total. The summed E-state index contributed by atoms with van der Waals surface area (Å²) in [5, 5.41) is 2.56. The van der Waals surface area contributed by atoms with Gasteiger partial charge in [0.05, 0.1) is 0 Å². The molecule has 1 aliphatic carbocycles. The van der Waals surface area contributed by atoms with E-state index < -0.39 is 0 Å². The molecule has 0 unspecified atom stereocenters. The molecule has 0 aliphatic heterocycles. The summed E-state index contributed by atoms with van der Waals surface area (Å²) < 4.78 is 0. The number of nitrogens with one attached hydrogen (secondary N) is 1. The van der Waals surface area contributed by atoms with E-state index in [0.29, 0.717) is 0 Å². The Hall–Kier alpha value is -1.24. The zero-order chi connectivity index (χ0) is 9.47. The molecule has 0 radical (unpaired) electrons. The van der Waals surface area contributed by atoms with E-state index in [0.717, 1.165) is 0 Å². The van der Waals surface area contributed by atoms with Crippen LogP contribution in [0.4, 0.5) is 0 Å². The van der Waals surface area contributed by atoms with Crippen LogP contribution in [-0.2, 0) is 0 Å². The number of aryl methyl sites for hydroxylation is 1. The van der Waals surface area contributed by atoms with Gasteiger partial charge in [-0.2, -0.15) is 0 Å². The lowest BCUT2D eigenvalue weighted by Gasteiger charge is -2.12. The van der Waals surface area contributed by atoms with Gasteiger partial charge in [-0.25, -0.2) is 0 Å². The lowest BCUT2D eigenvalue weighted by atomic mass is 9.92. The van der Waals surface area contributed by atoms with Crippen molar-refractivity contribution in [1.29, 1.82) is 0 Å². The van der Waals surface area contributed by atoms with E-state index in [1.54, 1.807) is 0 Å². The first kappa shape index (κ1) is 8.36. The van der Waals surface area contributed by atoms with Crippen molar-refractivity contribution >= 4 is 12.2 Å². The van der Waals surface area contributed by atoms with Crippen molar-refractivity contribution in [1.82, 2.24) is 4.98 Å². The Bertz CT molecular complexity index is 458. The van der Waals surface area contributed by atoms with E-state index in [1.807, 2.05) is 0 Å². The molecule has 0 saturated heterocycles. The molecule has 1 aromatic rings. The largest absolute Gasteiger partial charge is 0.361 e. The van der Waals surface area contributed by atoms with E-state index in [-0.39, 0.29) is 5.41 Å². The Balaban J connectivity index is 2.81. The van der Waals surface area contributed by atoms with Crippen molar-refractivity contribution in [3.05, 3.63) is 34.5 Å². The quantitative estimate of drug-likeness (QED) is 0.611. The summed E-state index contributed by atoms with van der Waals surface area (Å²) in [5.74, 6) is 0. The maximum atomic E-state index is 3.27. The van der Waals surface area contributed by atoms with Gasteiger partial charge in [-0.15, -0.1) is 0 Å². The first-order valence-corrected chi connectivity index (χ1v) is 4.65. The van der Waals surface area contributed by atoms with Crippen LogP contribution in [0.15, 0.2) is 18.3 Å². The summed E-state index contributed by atoms with van der Waals surface area (Å²) in [5.41, 5.74) is 1.48. The number of hydrogen-bond donors (Lipinski definition) is 1. The number of allylic oxidation sites excluding steroid dienone is 2. The van der Waals surface area contributed by atoms with Gasteiger partial charge in [-0.1, -0.05) is 32.1 Å². The topological polar surface area (TPSA) is 15.8 Å². The molecule has 0 aromatic carbocycles. The van der Waals surface area contributed by atoms with Crippen molar-refractivity contribution < 1.29 is 0 Å². The number of aromatic amines is 1. The highest BCUT2D eigenvalue weighted by Gasteiger charge is 2.11. The summed E-state index contributed by atoms with van der Waals surface area (Å²) >= 11 is 0. The van der Waals surface area contributed by atoms with Crippen LogP contribution in [0.25, 0.3) is 12.2 Å². The van der Waals surface area contributed by atoms with Gasteiger partial charge in [0.15, 0.2) is 0 Å². The number of hydrogen-bond acceptors (Lipinski definition) is 0. The zero-order valence-electron chi connectivity index (χ0n) is 8.39. The summed E-state index contributed by atoms with van der Waals surface area (Å²) in [6.45, 7) is 6.58. The molecule has 68 valence electrons. The molecule has 0 bridgehead atoms. The molecular weight excluding hydrogens is 158 g/mol. The Morgan fingerprint density at radius 1 is 1.31 bits per heavy atom.